The van der Waals surface area contributed by atoms with Crippen LogP contribution in [0.15, 0.2) is 51.7 Å². The number of ether oxygens (including phenoxy) is 2. The van der Waals surface area contributed by atoms with Crippen LogP contribution in [-0.2, 0) is 27.7 Å². The van der Waals surface area contributed by atoms with Gasteiger partial charge in [-0.1, -0.05) is 50.6 Å². The van der Waals surface area contributed by atoms with Crippen LogP contribution in [0.3, 0.4) is 0 Å². The van der Waals surface area contributed by atoms with Crippen molar-refractivity contribution in [2.45, 2.75) is 51.4 Å². The molecule has 4 atom stereocenters. The number of hydrogen-bond acceptors (Lipinski definition) is 7. The van der Waals surface area contributed by atoms with Crippen LogP contribution in [0.5, 0.6) is 0 Å². The number of nitriles is 1. The quantitative estimate of drug-likeness (QED) is 0.333. The Labute approximate surface area is 223 Å². The fourth-order valence-electron chi connectivity index (χ4n) is 4.26. The van der Waals surface area contributed by atoms with Crippen molar-refractivity contribution in [2.75, 3.05) is 27.3 Å². The Morgan fingerprint density at radius 3 is 2.53 bits per heavy atom. The molecule has 9 nitrogen and oxygen atoms in total. The molecule has 9 heteroatoms. The van der Waals surface area contributed by atoms with Crippen LogP contribution in [-0.4, -0.2) is 56.0 Å². The lowest BCUT2D eigenvalue weighted by Crippen LogP contribution is -2.46. The Morgan fingerprint density at radius 2 is 1.89 bits per heavy atom. The van der Waals surface area contributed by atoms with E-state index in [4.69, 9.17) is 13.9 Å². The van der Waals surface area contributed by atoms with E-state index in [-0.39, 0.29) is 17.9 Å². The highest BCUT2D eigenvalue weighted by Gasteiger charge is 2.28. The standard InChI is InChI=1S/C29H38N4O5/c1-6-19(2)27(37-18-24(36-5)13-14-31-3)28(34)32-23(17-30)15-20-7-9-21(10-8-20)22-11-12-26-25(16-22)33(4)29(35)38-26/h7-12,16,19,23-24,27,31H,6,13-15,18H2,1-5H3,(H,32,34)/t19?,23-,24-,27-/m0/s1. The first kappa shape index (κ1) is 29.1. The summed E-state index contributed by atoms with van der Waals surface area (Å²) >= 11 is 0. The second-order valence-corrected chi connectivity index (χ2v) is 9.59. The normalized spacial score (nSPS) is 14.5. The molecule has 2 aromatic carbocycles. The van der Waals surface area contributed by atoms with Crippen molar-refractivity contribution in [3.63, 3.8) is 0 Å². The lowest BCUT2D eigenvalue weighted by atomic mass is 9.99. The Bertz CT molecular complexity index is 1290. The lowest BCUT2D eigenvalue weighted by Gasteiger charge is -2.26. The van der Waals surface area contributed by atoms with Crippen LogP contribution in [0, 0.1) is 17.2 Å². The van der Waals surface area contributed by atoms with Gasteiger partial charge in [-0.25, -0.2) is 4.79 Å². The van der Waals surface area contributed by atoms with E-state index in [0.29, 0.717) is 18.6 Å². The smallest absolute Gasteiger partial charge is 0.408 e. The molecule has 204 valence electrons. The highest BCUT2D eigenvalue weighted by atomic mass is 16.5. The Kier molecular flexibility index (Phi) is 10.7. The molecule has 0 aliphatic rings. The Morgan fingerprint density at radius 1 is 1.18 bits per heavy atom. The molecule has 2 N–H and O–H groups in total. The number of carbonyl (C=O) groups is 1. The molecule has 3 rings (SSSR count). The molecular formula is C29H38N4O5. The minimum absolute atomic E-state index is 0.0116. The van der Waals surface area contributed by atoms with E-state index in [0.717, 1.165) is 41.6 Å². The third-order valence-corrected chi connectivity index (χ3v) is 6.92. The van der Waals surface area contributed by atoms with Crippen molar-refractivity contribution >= 4 is 17.0 Å². The first-order valence-corrected chi connectivity index (χ1v) is 13.0. The zero-order valence-corrected chi connectivity index (χ0v) is 22.8. The molecular weight excluding hydrogens is 484 g/mol. The molecule has 0 saturated heterocycles. The van der Waals surface area contributed by atoms with E-state index in [1.165, 1.54) is 4.57 Å². The minimum Gasteiger partial charge on any atom is -0.408 e. The van der Waals surface area contributed by atoms with E-state index in [9.17, 15) is 14.9 Å². The van der Waals surface area contributed by atoms with Gasteiger partial charge in [0.1, 0.15) is 12.1 Å². The number of carbonyl (C=O) groups excluding carboxylic acids is 1. The number of aromatic nitrogens is 1. The maximum absolute atomic E-state index is 13.1. The largest absolute Gasteiger partial charge is 0.419 e. The monoisotopic (exact) mass is 522 g/mol. The molecule has 0 aliphatic carbocycles. The maximum Gasteiger partial charge on any atom is 0.419 e. The third-order valence-electron chi connectivity index (χ3n) is 6.92. The molecule has 1 heterocycles. The lowest BCUT2D eigenvalue weighted by molar-refractivity contribution is -0.139. The summed E-state index contributed by atoms with van der Waals surface area (Å²) in [5.74, 6) is -0.696. The molecule has 0 spiro atoms. The SMILES string of the molecule is CCC(C)[C@H](OC[C@H](CCNC)OC)C(=O)N[C@H](C#N)Cc1ccc(-c2ccc3oc(=O)n(C)c3c2)cc1. The fraction of sp³-hybridized carbons (Fsp3) is 0.483. The zero-order valence-electron chi connectivity index (χ0n) is 22.8. The number of oxazole rings is 1. The van der Waals surface area contributed by atoms with Crippen molar-refractivity contribution in [2.24, 2.45) is 13.0 Å². The number of nitrogens with one attached hydrogen (secondary N) is 2. The van der Waals surface area contributed by atoms with Crippen molar-refractivity contribution in [3.8, 4) is 17.2 Å². The minimum atomic E-state index is -0.692. The summed E-state index contributed by atoms with van der Waals surface area (Å²) in [6.45, 7) is 5.07. The van der Waals surface area contributed by atoms with Crippen LogP contribution < -0.4 is 16.4 Å². The molecule has 1 unspecified atom stereocenters. The Hall–Kier alpha value is -3.45. The van der Waals surface area contributed by atoms with E-state index < -0.39 is 17.9 Å². The van der Waals surface area contributed by atoms with Crippen LogP contribution in [0.4, 0.5) is 0 Å². The van der Waals surface area contributed by atoms with E-state index >= 15 is 0 Å². The molecule has 1 aromatic heterocycles. The fourth-order valence-corrected chi connectivity index (χ4v) is 4.26. The van der Waals surface area contributed by atoms with Gasteiger partial charge in [-0.05, 0) is 54.8 Å². The second-order valence-electron chi connectivity index (χ2n) is 9.59. The van der Waals surface area contributed by atoms with Crippen molar-refractivity contribution < 1.29 is 18.7 Å². The number of hydrogen-bond donors (Lipinski definition) is 2. The first-order chi connectivity index (χ1) is 18.3. The van der Waals surface area contributed by atoms with Gasteiger partial charge in [0.2, 0.25) is 5.91 Å². The molecule has 0 aliphatic heterocycles. The number of methoxy groups -OCH3 is 1. The highest BCUT2D eigenvalue weighted by molar-refractivity contribution is 5.82. The van der Waals surface area contributed by atoms with Gasteiger partial charge in [0.25, 0.3) is 0 Å². The molecule has 0 saturated carbocycles. The van der Waals surface area contributed by atoms with Crippen LogP contribution in [0.25, 0.3) is 22.2 Å². The predicted octanol–water partition coefficient (Wildman–Crippen LogP) is 3.41. The van der Waals surface area contributed by atoms with Crippen molar-refractivity contribution in [1.29, 1.82) is 5.26 Å². The third kappa shape index (κ3) is 7.32. The van der Waals surface area contributed by atoms with Gasteiger partial charge in [0.15, 0.2) is 5.58 Å². The van der Waals surface area contributed by atoms with E-state index in [2.05, 4.69) is 16.7 Å². The summed E-state index contributed by atoms with van der Waals surface area (Å²) in [4.78, 5) is 24.9. The summed E-state index contributed by atoms with van der Waals surface area (Å²) < 4.78 is 18.2. The predicted molar refractivity (Wildman–Crippen MR) is 147 cm³/mol. The molecule has 0 radical (unpaired) electrons. The molecule has 38 heavy (non-hydrogen) atoms. The van der Waals surface area contributed by atoms with Crippen LogP contribution >= 0.6 is 0 Å². The van der Waals surface area contributed by atoms with Gasteiger partial charge in [0, 0.05) is 20.6 Å². The number of amides is 1. The van der Waals surface area contributed by atoms with Gasteiger partial charge in [-0.15, -0.1) is 0 Å². The van der Waals surface area contributed by atoms with Crippen molar-refractivity contribution in [1.82, 2.24) is 15.2 Å². The second kappa shape index (κ2) is 13.9. The number of aryl methyl sites for hydroxylation is 1. The van der Waals surface area contributed by atoms with Gasteiger partial charge in [-0.3, -0.25) is 9.36 Å². The van der Waals surface area contributed by atoms with Gasteiger partial charge < -0.3 is 24.5 Å². The maximum atomic E-state index is 13.1. The summed E-state index contributed by atoms with van der Waals surface area (Å²) in [5, 5.41) is 15.7. The summed E-state index contributed by atoms with van der Waals surface area (Å²) in [7, 11) is 5.19. The van der Waals surface area contributed by atoms with E-state index in [1.54, 1.807) is 20.2 Å². The zero-order chi connectivity index (χ0) is 27.7. The van der Waals surface area contributed by atoms with Crippen molar-refractivity contribution in [3.05, 3.63) is 58.6 Å². The van der Waals surface area contributed by atoms with Crippen LogP contribution in [0.2, 0.25) is 0 Å². The molecule has 3 aromatic rings. The average molecular weight is 523 g/mol. The molecule has 0 fully saturated rings. The van der Waals surface area contributed by atoms with Crippen LogP contribution in [0.1, 0.15) is 32.3 Å². The summed E-state index contributed by atoms with van der Waals surface area (Å²) in [6, 6.07) is 14.9. The first-order valence-electron chi connectivity index (χ1n) is 13.0. The van der Waals surface area contributed by atoms with Gasteiger partial charge in [0.05, 0.1) is 24.3 Å². The number of nitrogens with zero attached hydrogens (tertiary/aromatic N) is 2. The van der Waals surface area contributed by atoms with E-state index in [1.807, 2.05) is 57.3 Å². The Balaban J connectivity index is 1.65. The molecule has 1 amide bonds. The summed E-state index contributed by atoms with van der Waals surface area (Å²) in [6.07, 6.45) is 1.12. The van der Waals surface area contributed by atoms with Gasteiger partial charge in [-0.2, -0.15) is 5.26 Å². The number of rotatable bonds is 14. The number of fused-ring (bicyclic) bond motifs is 1. The molecule has 0 bridgehead atoms. The summed E-state index contributed by atoms with van der Waals surface area (Å²) in [5.41, 5.74) is 4.10. The average Bonchev–Trinajstić information content (AvgIpc) is 3.22. The highest BCUT2D eigenvalue weighted by Crippen LogP contribution is 2.24. The van der Waals surface area contributed by atoms with Gasteiger partial charge >= 0.3 is 5.76 Å². The topological polar surface area (TPSA) is 119 Å². The number of benzene rings is 2.